The molecular formula is C24H16FN7O. The van der Waals surface area contributed by atoms with E-state index in [9.17, 15) is 4.39 Å². The average molecular weight is 437 g/mol. The summed E-state index contributed by atoms with van der Waals surface area (Å²) >= 11 is 0. The number of halogens is 1. The zero-order valence-corrected chi connectivity index (χ0v) is 17.4. The SMILES string of the molecule is COc1cncc(-c2ccc3[nH]nc(-c4nc5c(-c6ccccc6F)cncc5[nH]4)c3n2)c1. The van der Waals surface area contributed by atoms with Crippen LogP contribution in [0.15, 0.2) is 67.3 Å². The maximum atomic E-state index is 14.4. The minimum atomic E-state index is -0.334. The predicted octanol–water partition coefficient (Wildman–Crippen LogP) is 4.77. The smallest absolute Gasteiger partial charge is 0.161 e. The van der Waals surface area contributed by atoms with E-state index in [0.717, 1.165) is 16.8 Å². The van der Waals surface area contributed by atoms with Crippen LogP contribution in [0, 0.1) is 5.82 Å². The highest BCUT2D eigenvalue weighted by molar-refractivity contribution is 5.95. The van der Waals surface area contributed by atoms with Gasteiger partial charge in [-0.2, -0.15) is 5.10 Å². The number of hydrogen-bond acceptors (Lipinski definition) is 6. The minimum Gasteiger partial charge on any atom is -0.495 e. The molecule has 0 aliphatic carbocycles. The van der Waals surface area contributed by atoms with E-state index < -0.39 is 0 Å². The molecule has 160 valence electrons. The number of pyridine rings is 3. The monoisotopic (exact) mass is 437 g/mol. The topological polar surface area (TPSA) is 105 Å². The number of hydrogen-bond donors (Lipinski definition) is 2. The van der Waals surface area contributed by atoms with Crippen LogP contribution in [-0.2, 0) is 0 Å². The van der Waals surface area contributed by atoms with Crippen molar-refractivity contribution in [3.05, 3.63) is 73.1 Å². The molecule has 6 aromatic rings. The van der Waals surface area contributed by atoms with Crippen LogP contribution < -0.4 is 4.74 Å². The first-order valence-corrected chi connectivity index (χ1v) is 10.1. The molecule has 33 heavy (non-hydrogen) atoms. The van der Waals surface area contributed by atoms with E-state index in [2.05, 4.69) is 25.1 Å². The number of aromatic amines is 2. The Morgan fingerprint density at radius 3 is 2.61 bits per heavy atom. The molecule has 0 atom stereocenters. The van der Waals surface area contributed by atoms with Crippen LogP contribution in [0.25, 0.3) is 56.0 Å². The summed E-state index contributed by atoms with van der Waals surface area (Å²) in [5, 5.41) is 7.43. The lowest BCUT2D eigenvalue weighted by atomic mass is 10.1. The zero-order valence-electron chi connectivity index (χ0n) is 17.4. The molecule has 0 saturated carbocycles. The Morgan fingerprint density at radius 1 is 0.848 bits per heavy atom. The molecule has 0 amide bonds. The average Bonchev–Trinajstić information content (AvgIpc) is 3.48. The van der Waals surface area contributed by atoms with Crippen LogP contribution in [0.3, 0.4) is 0 Å². The van der Waals surface area contributed by atoms with Gasteiger partial charge in [-0.25, -0.2) is 14.4 Å². The van der Waals surface area contributed by atoms with Crippen LogP contribution >= 0.6 is 0 Å². The highest BCUT2D eigenvalue weighted by atomic mass is 19.1. The van der Waals surface area contributed by atoms with Crippen molar-refractivity contribution in [2.24, 2.45) is 0 Å². The highest BCUT2D eigenvalue weighted by Crippen LogP contribution is 2.32. The summed E-state index contributed by atoms with van der Waals surface area (Å²) in [6, 6.07) is 12.2. The first-order valence-electron chi connectivity index (χ1n) is 10.1. The summed E-state index contributed by atoms with van der Waals surface area (Å²) in [6.45, 7) is 0. The van der Waals surface area contributed by atoms with E-state index in [4.69, 9.17) is 14.7 Å². The second kappa shape index (κ2) is 7.49. The van der Waals surface area contributed by atoms with Gasteiger partial charge in [-0.3, -0.25) is 15.1 Å². The molecule has 0 saturated heterocycles. The molecule has 6 rings (SSSR count). The molecule has 0 aliphatic rings. The van der Waals surface area contributed by atoms with Gasteiger partial charge < -0.3 is 9.72 Å². The normalized spacial score (nSPS) is 11.3. The third kappa shape index (κ3) is 3.18. The van der Waals surface area contributed by atoms with Gasteiger partial charge in [0.05, 0.1) is 36.2 Å². The first-order chi connectivity index (χ1) is 16.2. The third-order valence-corrected chi connectivity index (χ3v) is 5.43. The Hall–Kier alpha value is -4.66. The van der Waals surface area contributed by atoms with Gasteiger partial charge in [-0.05, 0) is 24.3 Å². The number of rotatable bonds is 4. The van der Waals surface area contributed by atoms with Crippen LogP contribution in [0.1, 0.15) is 0 Å². The molecule has 0 aliphatic heterocycles. The Balaban J connectivity index is 1.50. The standard InChI is InChI=1S/C24H16FN7O/c1-33-14-8-13(9-26-10-14)18-6-7-19-22(28-18)23(32-31-19)24-29-20-12-27-11-16(21(20)30-24)15-4-2-3-5-17(15)25/h2-12H,1H3,(H,29,30)(H,31,32). The van der Waals surface area contributed by atoms with Gasteiger partial charge in [0, 0.05) is 29.1 Å². The van der Waals surface area contributed by atoms with E-state index in [1.807, 2.05) is 18.2 Å². The predicted molar refractivity (Wildman–Crippen MR) is 122 cm³/mol. The lowest BCUT2D eigenvalue weighted by Crippen LogP contribution is -1.89. The van der Waals surface area contributed by atoms with Crippen molar-refractivity contribution in [2.75, 3.05) is 7.11 Å². The number of ether oxygens (including phenoxy) is 1. The van der Waals surface area contributed by atoms with Crippen molar-refractivity contribution in [3.63, 3.8) is 0 Å². The number of imidazole rings is 1. The second-order valence-electron chi connectivity index (χ2n) is 7.43. The number of H-pyrrole nitrogens is 2. The van der Waals surface area contributed by atoms with Crippen molar-refractivity contribution >= 4 is 22.1 Å². The lowest BCUT2D eigenvalue weighted by molar-refractivity contribution is 0.413. The van der Waals surface area contributed by atoms with Crippen molar-refractivity contribution in [1.82, 2.24) is 35.1 Å². The molecule has 0 spiro atoms. The van der Waals surface area contributed by atoms with Gasteiger partial charge in [0.2, 0.25) is 0 Å². The number of aromatic nitrogens is 7. The van der Waals surface area contributed by atoms with E-state index in [0.29, 0.717) is 44.9 Å². The molecule has 2 N–H and O–H groups in total. The van der Waals surface area contributed by atoms with E-state index in [-0.39, 0.29) is 5.82 Å². The summed E-state index contributed by atoms with van der Waals surface area (Å²) in [5.41, 5.74) is 5.83. The molecule has 9 heteroatoms. The molecular weight excluding hydrogens is 421 g/mol. The van der Waals surface area contributed by atoms with Crippen LogP contribution in [0.5, 0.6) is 5.75 Å². The van der Waals surface area contributed by atoms with E-state index in [1.165, 1.54) is 6.07 Å². The summed E-state index contributed by atoms with van der Waals surface area (Å²) < 4.78 is 19.7. The molecule has 5 heterocycles. The Labute approximate surface area is 186 Å². The maximum Gasteiger partial charge on any atom is 0.161 e. The number of nitrogens with one attached hydrogen (secondary N) is 2. The van der Waals surface area contributed by atoms with Crippen LogP contribution in [0.2, 0.25) is 0 Å². The van der Waals surface area contributed by atoms with Crippen molar-refractivity contribution in [1.29, 1.82) is 0 Å². The summed E-state index contributed by atoms with van der Waals surface area (Å²) in [6.07, 6.45) is 6.64. The number of benzene rings is 1. The summed E-state index contributed by atoms with van der Waals surface area (Å²) in [4.78, 5) is 21.2. The molecule has 0 unspecified atom stereocenters. The van der Waals surface area contributed by atoms with E-state index in [1.54, 1.807) is 50.1 Å². The summed E-state index contributed by atoms with van der Waals surface area (Å²) in [7, 11) is 1.59. The fourth-order valence-corrected chi connectivity index (χ4v) is 3.82. The van der Waals surface area contributed by atoms with Crippen molar-refractivity contribution < 1.29 is 9.13 Å². The Kier molecular flexibility index (Phi) is 4.32. The van der Waals surface area contributed by atoms with E-state index >= 15 is 0 Å². The van der Waals surface area contributed by atoms with Gasteiger partial charge >= 0.3 is 0 Å². The third-order valence-electron chi connectivity index (χ3n) is 5.43. The molecule has 0 fully saturated rings. The van der Waals surface area contributed by atoms with Crippen molar-refractivity contribution in [3.8, 4) is 39.7 Å². The van der Waals surface area contributed by atoms with Gasteiger partial charge in [0.15, 0.2) is 11.5 Å². The number of nitrogens with zero attached hydrogens (tertiary/aromatic N) is 5. The molecule has 8 nitrogen and oxygen atoms in total. The van der Waals surface area contributed by atoms with Crippen LogP contribution in [-0.4, -0.2) is 42.2 Å². The fourth-order valence-electron chi connectivity index (χ4n) is 3.82. The number of fused-ring (bicyclic) bond motifs is 2. The van der Waals surface area contributed by atoms with Gasteiger partial charge in [-0.15, -0.1) is 0 Å². The van der Waals surface area contributed by atoms with Crippen molar-refractivity contribution in [2.45, 2.75) is 0 Å². The second-order valence-corrected chi connectivity index (χ2v) is 7.43. The Bertz CT molecular complexity index is 1640. The van der Waals surface area contributed by atoms with Gasteiger partial charge in [-0.1, -0.05) is 18.2 Å². The molecule has 0 bridgehead atoms. The highest BCUT2D eigenvalue weighted by Gasteiger charge is 2.18. The van der Waals surface area contributed by atoms with Crippen LogP contribution in [0.4, 0.5) is 4.39 Å². The van der Waals surface area contributed by atoms with Gasteiger partial charge in [0.1, 0.15) is 22.6 Å². The Morgan fingerprint density at radius 2 is 1.73 bits per heavy atom. The largest absolute Gasteiger partial charge is 0.495 e. The van der Waals surface area contributed by atoms with Gasteiger partial charge in [0.25, 0.3) is 0 Å². The lowest BCUT2D eigenvalue weighted by Gasteiger charge is -2.03. The molecule has 1 aromatic carbocycles. The fraction of sp³-hybridized carbons (Fsp3) is 0.0417. The minimum absolute atomic E-state index is 0.334. The zero-order chi connectivity index (χ0) is 22.4. The molecule has 0 radical (unpaired) electrons. The summed E-state index contributed by atoms with van der Waals surface area (Å²) in [5.74, 6) is 0.822. The maximum absolute atomic E-state index is 14.4. The molecule has 5 aromatic heterocycles. The number of methoxy groups -OCH3 is 1. The quantitative estimate of drug-likeness (QED) is 0.411. The first kappa shape index (κ1) is 19.1.